The maximum absolute atomic E-state index is 12.6. The minimum atomic E-state index is -3.60. The lowest BCUT2D eigenvalue weighted by molar-refractivity contribution is 0.610. The average molecular weight is 645 g/mol. The van der Waals surface area contributed by atoms with Crippen molar-refractivity contribution in [2.24, 2.45) is 0 Å². The summed E-state index contributed by atoms with van der Waals surface area (Å²) in [4.78, 5) is 0. The second-order valence-corrected chi connectivity index (χ2v) is 15.6. The summed E-state index contributed by atoms with van der Waals surface area (Å²) in [5.74, 6) is 0. The summed E-state index contributed by atoms with van der Waals surface area (Å²) in [6.45, 7) is 0. The summed E-state index contributed by atoms with van der Waals surface area (Å²) in [5.41, 5.74) is 4.45. The van der Waals surface area contributed by atoms with Crippen LogP contribution in [-0.4, -0.2) is 50.3 Å². The topological polar surface area (TPSA) is 126 Å². The third kappa shape index (κ3) is 10.4. The first-order valence-corrected chi connectivity index (χ1v) is 19.5. The molecule has 2 aliphatic heterocycles. The zero-order chi connectivity index (χ0) is 30.9. The van der Waals surface area contributed by atoms with Crippen LogP contribution in [0.2, 0.25) is 0 Å². The fourth-order valence-electron chi connectivity index (χ4n) is 3.78. The standard InChI is InChI=1S/C26H20N2O4S2.2C2H6OS/c29-33(30)15-23(19-8-3-1-4-9-19)27-25(17-33)21-12-7-13-22(14-21)26-18-34(31,32)16-24(28-26)20-10-5-2-6-11-20;2*1-4(2)3/h1-18,27-28H;2*1-2H3. The minimum absolute atomic E-state index is 0.404. The van der Waals surface area contributed by atoms with Gasteiger partial charge in [-0.25, -0.2) is 16.8 Å². The molecule has 5 rings (SSSR count). The summed E-state index contributed by atoms with van der Waals surface area (Å²) < 4.78 is 69.5. The van der Waals surface area contributed by atoms with E-state index in [0.29, 0.717) is 33.9 Å². The fourth-order valence-corrected chi connectivity index (χ4v) is 6.01. The molecule has 0 saturated heterocycles. The predicted octanol–water partition coefficient (Wildman–Crippen LogP) is 4.31. The molecule has 3 aromatic rings. The van der Waals surface area contributed by atoms with Gasteiger partial charge in [0.1, 0.15) is 0 Å². The molecule has 2 aliphatic rings. The first-order chi connectivity index (χ1) is 19.7. The van der Waals surface area contributed by atoms with Crippen molar-refractivity contribution in [1.29, 1.82) is 0 Å². The zero-order valence-electron chi connectivity index (χ0n) is 23.5. The van der Waals surface area contributed by atoms with Gasteiger partial charge in [-0.2, -0.15) is 0 Å². The van der Waals surface area contributed by atoms with Gasteiger partial charge in [0.05, 0.1) is 44.4 Å². The largest absolute Gasteiger partial charge is 0.353 e. The van der Waals surface area contributed by atoms with Crippen molar-refractivity contribution < 1.29 is 25.3 Å². The van der Waals surface area contributed by atoms with Crippen molar-refractivity contribution in [2.45, 2.75) is 0 Å². The highest BCUT2D eigenvalue weighted by atomic mass is 32.2. The maximum Gasteiger partial charge on any atom is 0.197 e. The molecule has 0 saturated carbocycles. The van der Waals surface area contributed by atoms with Gasteiger partial charge in [0.2, 0.25) is 0 Å². The van der Waals surface area contributed by atoms with Gasteiger partial charge in [-0.1, -0.05) is 78.9 Å². The van der Waals surface area contributed by atoms with Crippen LogP contribution in [0.25, 0.3) is 22.8 Å². The molecule has 0 unspecified atom stereocenters. The van der Waals surface area contributed by atoms with Crippen LogP contribution in [0.4, 0.5) is 0 Å². The molecule has 0 amide bonds. The molecule has 42 heavy (non-hydrogen) atoms. The van der Waals surface area contributed by atoms with Crippen molar-refractivity contribution in [2.75, 3.05) is 25.0 Å². The van der Waals surface area contributed by atoms with Gasteiger partial charge in [0, 0.05) is 46.6 Å². The smallest absolute Gasteiger partial charge is 0.197 e. The van der Waals surface area contributed by atoms with Crippen LogP contribution in [-0.2, 0) is 41.3 Å². The molecule has 12 heteroatoms. The number of nitrogens with one attached hydrogen (secondary N) is 2. The van der Waals surface area contributed by atoms with Crippen molar-refractivity contribution >= 4 is 64.1 Å². The lowest BCUT2D eigenvalue weighted by Gasteiger charge is -2.21. The Morgan fingerprint density at radius 1 is 0.452 bits per heavy atom. The summed E-state index contributed by atoms with van der Waals surface area (Å²) in [6, 6.07) is 25.4. The first kappa shape index (κ1) is 32.9. The first-order valence-electron chi connectivity index (χ1n) is 12.4. The molecule has 3 aromatic carbocycles. The Kier molecular flexibility index (Phi) is 11.4. The Morgan fingerprint density at radius 3 is 1.02 bits per heavy atom. The summed E-state index contributed by atoms with van der Waals surface area (Å²) in [6.07, 6.45) is 6.56. The quantitative estimate of drug-likeness (QED) is 0.431. The van der Waals surface area contributed by atoms with E-state index < -0.39 is 41.3 Å². The molecule has 0 radical (unpaired) electrons. The van der Waals surface area contributed by atoms with Crippen LogP contribution < -0.4 is 10.6 Å². The molecular weight excluding hydrogens is 613 g/mol. The number of sulfone groups is 2. The van der Waals surface area contributed by atoms with Gasteiger partial charge >= 0.3 is 0 Å². The van der Waals surface area contributed by atoms with Crippen LogP contribution in [0.1, 0.15) is 22.3 Å². The van der Waals surface area contributed by atoms with Crippen LogP contribution in [0.3, 0.4) is 0 Å². The van der Waals surface area contributed by atoms with Gasteiger partial charge in [-0.15, -0.1) is 0 Å². The molecule has 8 nitrogen and oxygen atoms in total. The molecule has 0 aromatic heterocycles. The Balaban J connectivity index is 0.000000540. The molecule has 2 N–H and O–H groups in total. The van der Waals surface area contributed by atoms with E-state index in [-0.39, 0.29) is 0 Å². The van der Waals surface area contributed by atoms with E-state index in [4.69, 9.17) is 0 Å². The molecule has 0 bridgehead atoms. The number of benzene rings is 3. The van der Waals surface area contributed by atoms with Gasteiger partial charge in [0.25, 0.3) is 0 Å². The highest BCUT2D eigenvalue weighted by Crippen LogP contribution is 2.29. The Hall–Kier alpha value is -3.58. The van der Waals surface area contributed by atoms with Crippen LogP contribution in [0.15, 0.2) is 107 Å². The SMILES string of the molecule is CS(C)=O.CS(C)=O.O=S1(=O)C=C(c2ccccc2)NC(c2cccc(C3=CS(=O)(=O)C=C(c4ccccc4)N3)c2)=C1. The third-order valence-electron chi connectivity index (χ3n) is 5.32. The van der Waals surface area contributed by atoms with Gasteiger partial charge in [-0.05, 0) is 28.3 Å². The number of rotatable bonds is 4. The molecular formula is C30H32N2O6S4. The Bertz CT molecular complexity index is 1670. The lowest BCUT2D eigenvalue weighted by Crippen LogP contribution is -2.19. The molecule has 0 spiro atoms. The average Bonchev–Trinajstić information content (AvgIpc) is 2.92. The Morgan fingerprint density at radius 2 is 0.714 bits per heavy atom. The fraction of sp³-hybridized carbons (Fsp3) is 0.133. The maximum atomic E-state index is 12.6. The van der Waals surface area contributed by atoms with E-state index in [1.807, 2.05) is 60.7 Å². The third-order valence-corrected chi connectivity index (χ3v) is 7.58. The monoisotopic (exact) mass is 644 g/mol. The van der Waals surface area contributed by atoms with E-state index in [1.165, 1.54) is 21.6 Å². The van der Waals surface area contributed by atoms with E-state index in [1.54, 1.807) is 49.3 Å². The normalized spacial score (nSPS) is 16.5. The van der Waals surface area contributed by atoms with E-state index in [9.17, 15) is 25.3 Å². The van der Waals surface area contributed by atoms with E-state index >= 15 is 0 Å². The zero-order valence-corrected chi connectivity index (χ0v) is 26.7. The highest BCUT2D eigenvalue weighted by molar-refractivity contribution is 7.97. The summed E-state index contributed by atoms with van der Waals surface area (Å²) in [7, 11) is -8.42. The summed E-state index contributed by atoms with van der Waals surface area (Å²) >= 11 is 0. The van der Waals surface area contributed by atoms with Crippen molar-refractivity contribution in [3.63, 3.8) is 0 Å². The second-order valence-electron chi connectivity index (χ2n) is 9.35. The van der Waals surface area contributed by atoms with E-state index in [2.05, 4.69) is 10.6 Å². The highest BCUT2D eigenvalue weighted by Gasteiger charge is 2.21. The van der Waals surface area contributed by atoms with Gasteiger partial charge in [0.15, 0.2) is 19.7 Å². The molecule has 2 heterocycles. The van der Waals surface area contributed by atoms with Crippen LogP contribution in [0.5, 0.6) is 0 Å². The summed E-state index contributed by atoms with van der Waals surface area (Å²) in [5, 5.41) is 11.1. The number of hydrogen-bond acceptors (Lipinski definition) is 8. The molecule has 0 fully saturated rings. The van der Waals surface area contributed by atoms with Crippen molar-refractivity contribution in [1.82, 2.24) is 10.6 Å². The second kappa shape index (κ2) is 14.5. The minimum Gasteiger partial charge on any atom is -0.353 e. The van der Waals surface area contributed by atoms with E-state index in [0.717, 1.165) is 11.1 Å². The molecule has 0 atom stereocenters. The van der Waals surface area contributed by atoms with Crippen LogP contribution in [0, 0.1) is 0 Å². The van der Waals surface area contributed by atoms with Gasteiger partial charge < -0.3 is 10.6 Å². The van der Waals surface area contributed by atoms with Crippen LogP contribution >= 0.6 is 0 Å². The van der Waals surface area contributed by atoms with Crippen molar-refractivity contribution in [3.8, 4) is 0 Å². The Labute approximate surface area is 252 Å². The van der Waals surface area contributed by atoms with Crippen molar-refractivity contribution in [3.05, 3.63) is 129 Å². The number of hydrogen-bond donors (Lipinski definition) is 2. The molecule has 0 aliphatic carbocycles. The predicted molar refractivity (Wildman–Crippen MR) is 175 cm³/mol. The lowest BCUT2D eigenvalue weighted by atomic mass is 10.1. The molecule has 222 valence electrons. The van der Waals surface area contributed by atoms with Gasteiger partial charge in [-0.3, -0.25) is 8.42 Å².